The number of amides is 2. The molecule has 0 saturated heterocycles. The van der Waals surface area contributed by atoms with Gasteiger partial charge in [0.15, 0.2) is 0 Å². The average molecular weight is 267 g/mol. The van der Waals surface area contributed by atoms with Gasteiger partial charge in [-0.25, -0.2) is 4.98 Å². The molecule has 0 fully saturated rings. The molecule has 20 heavy (non-hydrogen) atoms. The number of benzene rings is 1. The van der Waals surface area contributed by atoms with Gasteiger partial charge in [-0.15, -0.1) is 0 Å². The summed E-state index contributed by atoms with van der Waals surface area (Å²) in [6, 6.07) is 6.90. The van der Waals surface area contributed by atoms with Crippen LogP contribution in [0.4, 0.5) is 0 Å². The number of rotatable bonds is 4. The van der Waals surface area contributed by atoms with Gasteiger partial charge in [-0.05, 0) is 12.1 Å². The van der Waals surface area contributed by atoms with E-state index in [2.05, 4.69) is 4.98 Å². The van der Waals surface area contributed by atoms with Crippen molar-refractivity contribution in [3.63, 3.8) is 0 Å². The van der Waals surface area contributed by atoms with Gasteiger partial charge in [-0.2, -0.15) is 0 Å². The van der Waals surface area contributed by atoms with Crippen molar-refractivity contribution in [1.29, 1.82) is 0 Å². The second kappa shape index (κ2) is 5.13. The predicted molar refractivity (Wildman–Crippen MR) is 73.2 cm³/mol. The molecule has 2 heterocycles. The van der Waals surface area contributed by atoms with Crippen molar-refractivity contribution < 1.29 is 9.59 Å². The Morgan fingerprint density at radius 3 is 2.25 bits per heavy atom. The molecule has 1 aromatic heterocycles. The second-order valence-corrected chi connectivity index (χ2v) is 4.50. The van der Waals surface area contributed by atoms with E-state index >= 15 is 0 Å². The number of allylic oxidation sites excluding steroid dienone is 1. The van der Waals surface area contributed by atoms with Crippen molar-refractivity contribution in [2.45, 2.75) is 6.54 Å². The number of fused-ring (bicyclic) bond motifs is 1. The first-order valence-electron chi connectivity index (χ1n) is 6.33. The fourth-order valence-electron chi connectivity index (χ4n) is 2.18. The maximum atomic E-state index is 12.1. The van der Waals surface area contributed by atoms with Crippen LogP contribution in [0.2, 0.25) is 0 Å². The zero-order valence-electron chi connectivity index (χ0n) is 10.8. The third-order valence-electron chi connectivity index (χ3n) is 3.21. The molecule has 0 radical (unpaired) electrons. The molecule has 0 aliphatic carbocycles. The summed E-state index contributed by atoms with van der Waals surface area (Å²) in [6.45, 7) is 0.963. The second-order valence-electron chi connectivity index (χ2n) is 4.50. The molecule has 0 atom stereocenters. The Morgan fingerprint density at radius 2 is 1.65 bits per heavy atom. The van der Waals surface area contributed by atoms with Crippen LogP contribution in [0, 0.1) is 0 Å². The van der Waals surface area contributed by atoms with E-state index in [1.807, 2.05) is 22.9 Å². The van der Waals surface area contributed by atoms with Crippen LogP contribution in [0.1, 0.15) is 20.7 Å². The Kier molecular flexibility index (Phi) is 3.16. The summed E-state index contributed by atoms with van der Waals surface area (Å²) in [5, 5.41) is 0. The molecule has 5 nitrogen and oxygen atoms in total. The van der Waals surface area contributed by atoms with Gasteiger partial charge in [0.25, 0.3) is 11.8 Å². The van der Waals surface area contributed by atoms with Crippen LogP contribution in [0.15, 0.2) is 55.1 Å². The molecule has 100 valence electrons. The summed E-state index contributed by atoms with van der Waals surface area (Å²) in [7, 11) is 0. The standard InChI is InChI=1S/C15H13N3O2/c19-14-12-5-1-2-6-13(12)15(20)18(14)9-4-3-8-17-10-7-16-11-17/h1-7,10-11H,8-9H2. The van der Waals surface area contributed by atoms with Crippen LogP contribution in [0.3, 0.4) is 0 Å². The number of imide groups is 1. The zero-order valence-corrected chi connectivity index (χ0v) is 10.8. The van der Waals surface area contributed by atoms with E-state index in [1.54, 1.807) is 36.8 Å². The first-order chi connectivity index (χ1) is 9.77. The largest absolute Gasteiger partial charge is 0.334 e. The maximum absolute atomic E-state index is 12.1. The molecule has 3 rings (SSSR count). The fraction of sp³-hybridized carbons (Fsp3) is 0.133. The molecule has 2 aromatic rings. The summed E-state index contributed by atoms with van der Waals surface area (Å²) in [4.78, 5) is 29.4. The summed E-state index contributed by atoms with van der Waals surface area (Å²) < 4.78 is 1.90. The van der Waals surface area contributed by atoms with Gasteiger partial charge in [0.1, 0.15) is 0 Å². The van der Waals surface area contributed by atoms with Crippen LogP contribution in [0.25, 0.3) is 0 Å². The third kappa shape index (κ3) is 2.14. The van der Waals surface area contributed by atoms with Gasteiger partial charge in [0, 0.05) is 25.5 Å². The Hall–Kier alpha value is -2.69. The van der Waals surface area contributed by atoms with Crippen molar-refractivity contribution in [3.05, 3.63) is 66.3 Å². The van der Waals surface area contributed by atoms with E-state index < -0.39 is 0 Å². The fourth-order valence-corrected chi connectivity index (χ4v) is 2.18. The first kappa shape index (κ1) is 12.3. The molecule has 1 aliphatic rings. The number of carbonyl (C=O) groups is 2. The number of aromatic nitrogens is 2. The highest BCUT2D eigenvalue weighted by Crippen LogP contribution is 2.21. The SMILES string of the molecule is O=C1c2ccccc2C(=O)N1CC=CCn1ccnc1. The van der Waals surface area contributed by atoms with Crippen LogP contribution < -0.4 is 0 Å². The van der Waals surface area contributed by atoms with E-state index in [9.17, 15) is 9.59 Å². The van der Waals surface area contributed by atoms with Gasteiger partial charge < -0.3 is 4.57 Å². The minimum Gasteiger partial charge on any atom is -0.334 e. The van der Waals surface area contributed by atoms with Crippen molar-refractivity contribution in [3.8, 4) is 0 Å². The number of imidazole rings is 1. The molecule has 0 spiro atoms. The summed E-state index contributed by atoms with van der Waals surface area (Å²) in [5.74, 6) is -0.448. The summed E-state index contributed by atoms with van der Waals surface area (Å²) in [6.07, 6.45) is 9.00. The minimum absolute atomic E-state index is 0.224. The van der Waals surface area contributed by atoms with Crippen LogP contribution in [0.5, 0.6) is 0 Å². The van der Waals surface area contributed by atoms with Gasteiger partial charge >= 0.3 is 0 Å². The van der Waals surface area contributed by atoms with Gasteiger partial charge in [-0.3, -0.25) is 14.5 Å². The smallest absolute Gasteiger partial charge is 0.261 e. The lowest BCUT2D eigenvalue weighted by Gasteiger charge is -2.10. The third-order valence-corrected chi connectivity index (χ3v) is 3.21. The summed E-state index contributed by atoms with van der Waals surface area (Å²) >= 11 is 0. The van der Waals surface area contributed by atoms with Gasteiger partial charge in [-0.1, -0.05) is 24.3 Å². The number of nitrogens with zero attached hydrogens (tertiary/aromatic N) is 3. The van der Waals surface area contributed by atoms with Crippen LogP contribution in [-0.2, 0) is 6.54 Å². The number of hydrogen-bond acceptors (Lipinski definition) is 3. The van der Waals surface area contributed by atoms with E-state index in [0.29, 0.717) is 24.2 Å². The quantitative estimate of drug-likeness (QED) is 0.626. The molecule has 0 saturated carbocycles. The Balaban J connectivity index is 1.66. The van der Waals surface area contributed by atoms with Gasteiger partial charge in [0.05, 0.1) is 17.5 Å². The zero-order chi connectivity index (χ0) is 13.9. The molecular weight excluding hydrogens is 254 g/mol. The normalized spacial score (nSPS) is 14.3. The molecule has 0 N–H and O–H groups in total. The molecule has 2 amide bonds. The molecule has 1 aliphatic heterocycles. The van der Waals surface area contributed by atoms with Gasteiger partial charge in [0.2, 0.25) is 0 Å². The average Bonchev–Trinajstić information content (AvgIpc) is 3.06. The topological polar surface area (TPSA) is 55.2 Å². The Labute approximate surface area is 116 Å². The van der Waals surface area contributed by atoms with Crippen LogP contribution in [-0.4, -0.2) is 32.8 Å². The van der Waals surface area contributed by atoms with Crippen molar-refractivity contribution >= 4 is 11.8 Å². The minimum atomic E-state index is -0.224. The predicted octanol–water partition coefficient (Wildman–Crippen LogP) is 1.74. The lowest BCUT2D eigenvalue weighted by atomic mass is 10.1. The highest BCUT2D eigenvalue weighted by Gasteiger charge is 2.33. The van der Waals surface area contributed by atoms with Crippen molar-refractivity contribution in [1.82, 2.24) is 14.5 Å². The first-order valence-corrected chi connectivity index (χ1v) is 6.33. The highest BCUT2D eigenvalue weighted by molar-refractivity contribution is 6.21. The number of carbonyl (C=O) groups excluding carboxylic acids is 2. The Bertz CT molecular complexity index is 639. The lowest BCUT2D eigenvalue weighted by Crippen LogP contribution is -2.29. The van der Waals surface area contributed by atoms with Crippen molar-refractivity contribution in [2.24, 2.45) is 0 Å². The maximum Gasteiger partial charge on any atom is 0.261 e. The Morgan fingerprint density at radius 1 is 1.00 bits per heavy atom. The monoisotopic (exact) mass is 267 g/mol. The van der Waals surface area contributed by atoms with Crippen molar-refractivity contribution in [2.75, 3.05) is 6.54 Å². The molecular formula is C15H13N3O2. The van der Waals surface area contributed by atoms with E-state index in [-0.39, 0.29) is 11.8 Å². The molecule has 0 unspecified atom stereocenters. The number of hydrogen-bond donors (Lipinski definition) is 0. The molecule has 5 heteroatoms. The van der Waals surface area contributed by atoms with Crippen LogP contribution >= 0.6 is 0 Å². The molecule has 1 aromatic carbocycles. The van der Waals surface area contributed by atoms with E-state index in [0.717, 1.165) is 0 Å². The summed E-state index contributed by atoms with van der Waals surface area (Å²) in [5.41, 5.74) is 0.973. The highest BCUT2D eigenvalue weighted by atomic mass is 16.2. The van der Waals surface area contributed by atoms with E-state index in [4.69, 9.17) is 0 Å². The van der Waals surface area contributed by atoms with E-state index in [1.165, 1.54) is 4.90 Å². The molecule has 0 bridgehead atoms. The lowest BCUT2D eigenvalue weighted by molar-refractivity contribution is 0.0672.